The molecule has 1 saturated heterocycles. The number of piperazine rings is 1. The van der Waals surface area contributed by atoms with Crippen LogP contribution in [-0.4, -0.2) is 56.8 Å². The molecule has 1 aromatic heterocycles. The minimum Gasteiger partial charge on any atom is -0.392 e. The van der Waals surface area contributed by atoms with E-state index < -0.39 is 0 Å². The molecule has 0 aromatic carbocycles. The molecule has 19 heavy (non-hydrogen) atoms. The topological polar surface area (TPSA) is 50.3 Å². The van der Waals surface area contributed by atoms with Crippen LogP contribution in [-0.2, 0) is 13.1 Å². The van der Waals surface area contributed by atoms with Gasteiger partial charge >= 0.3 is 0 Å². The number of hydrogen-bond acceptors (Lipinski definition) is 4. The smallest absolute Gasteiger partial charge is 0.0899 e. The summed E-state index contributed by atoms with van der Waals surface area (Å²) in [6, 6.07) is 0.208. The first-order valence-corrected chi connectivity index (χ1v) is 7.28. The molecule has 2 heterocycles. The van der Waals surface area contributed by atoms with Crippen LogP contribution in [0.5, 0.6) is 0 Å². The van der Waals surface area contributed by atoms with Gasteiger partial charge in [-0.3, -0.25) is 14.5 Å². The summed E-state index contributed by atoms with van der Waals surface area (Å²) in [5.74, 6) is 0. The van der Waals surface area contributed by atoms with Crippen LogP contribution in [0.4, 0.5) is 0 Å². The Bertz CT molecular complexity index is 422. The predicted octanol–water partition coefficient (Wildman–Crippen LogP) is 0.695. The van der Waals surface area contributed by atoms with Crippen molar-refractivity contribution in [2.75, 3.05) is 26.2 Å². The van der Waals surface area contributed by atoms with Gasteiger partial charge in [-0.2, -0.15) is 5.10 Å². The second-order valence-electron chi connectivity index (χ2n) is 5.09. The van der Waals surface area contributed by atoms with Gasteiger partial charge in [0.2, 0.25) is 0 Å². The van der Waals surface area contributed by atoms with E-state index in [-0.39, 0.29) is 6.04 Å². The molecular formula is C13H23N5S. The third kappa shape index (κ3) is 3.75. The fourth-order valence-corrected chi connectivity index (χ4v) is 2.56. The van der Waals surface area contributed by atoms with Crippen LogP contribution < -0.4 is 5.73 Å². The molecule has 0 amide bonds. The van der Waals surface area contributed by atoms with E-state index in [9.17, 15) is 0 Å². The third-order valence-corrected chi connectivity index (χ3v) is 4.12. The van der Waals surface area contributed by atoms with Crippen molar-refractivity contribution in [3.05, 3.63) is 18.0 Å². The van der Waals surface area contributed by atoms with E-state index in [1.165, 1.54) is 5.56 Å². The quantitative estimate of drug-likeness (QED) is 0.805. The highest BCUT2D eigenvalue weighted by atomic mass is 32.1. The van der Waals surface area contributed by atoms with Gasteiger partial charge in [-0.25, -0.2) is 0 Å². The SMILES string of the molecule is CCn1cc(CN2CCN(C(C)C(N)=S)CC2)cn1. The number of aryl methyl sites for hydroxylation is 1. The summed E-state index contributed by atoms with van der Waals surface area (Å²) in [5, 5.41) is 4.31. The molecule has 1 atom stereocenters. The molecule has 2 N–H and O–H groups in total. The van der Waals surface area contributed by atoms with Crippen molar-refractivity contribution in [1.82, 2.24) is 19.6 Å². The second kappa shape index (κ2) is 6.45. The molecule has 0 spiro atoms. The fourth-order valence-electron chi connectivity index (χ4n) is 2.41. The molecular weight excluding hydrogens is 258 g/mol. The molecule has 1 aliphatic rings. The average molecular weight is 281 g/mol. The number of hydrogen-bond donors (Lipinski definition) is 1. The van der Waals surface area contributed by atoms with Gasteiger partial charge in [-0.15, -0.1) is 0 Å². The Hall–Kier alpha value is -0.980. The van der Waals surface area contributed by atoms with Crippen LogP contribution >= 0.6 is 12.2 Å². The van der Waals surface area contributed by atoms with Crippen molar-refractivity contribution < 1.29 is 0 Å². The monoisotopic (exact) mass is 281 g/mol. The van der Waals surface area contributed by atoms with Crippen LogP contribution in [0.15, 0.2) is 12.4 Å². The van der Waals surface area contributed by atoms with Crippen LogP contribution in [0.25, 0.3) is 0 Å². The largest absolute Gasteiger partial charge is 0.392 e. The Labute approximate surface area is 120 Å². The highest BCUT2D eigenvalue weighted by Crippen LogP contribution is 2.10. The van der Waals surface area contributed by atoms with Crippen molar-refractivity contribution in [2.45, 2.75) is 33.0 Å². The maximum atomic E-state index is 5.71. The molecule has 0 radical (unpaired) electrons. The number of nitrogens with two attached hydrogens (primary N) is 1. The van der Waals surface area contributed by atoms with Crippen LogP contribution in [0.3, 0.4) is 0 Å². The van der Waals surface area contributed by atoms with E-state index in [2.05, 4.69) is 34.9 Å². The fraction of sp³-hybridized carbons (Fsp3) is 0.692. The van der Waals surface area contributed by atoms with Crippen molar-refractivity contribution in [3.8, 4) is 0 Å². The number of rotatable bonds is 5. The normalized spacial score (nSPS) is 19.5. The standard InChI is InChI=1S/C13H23N5S/c1-3-18-10-12(8-15-18)9-16-4-6-17(7-5-16)11(2)13(14)19/h8,10-11H,3-7,9H2,1-2H3,(H2,14,19). The Balaban J connectivity index is 1.81. The van der Waals surface area contributed by atoms with Gasteiger partial charge < -0.3 is 5.73 Å². The summed E-state index contributed by atoms with van der Waals surface area (Å²) >= 11 is 5.06. The maximum Gasteiger partial charge on any atom is 0.0899 e. The lowest BCUT2D eigenvalue weighted by Gasteiger charge is -2.37. The summed E-state index contributed by atoms with van der Waals surface area (Å²) in [6.45, 7) is 10.3. The van der Waals surface area contributed by atoms with Gasteiger partial charge in [0, 0.05) is 51.0 Å². The van der Waals surface area contributed by atoms with Gasteiger partial charge in [0.1, 0.15) is 0 Å². The number of nitrogens with zero attached hydrogens (tertiary/aromatic N) is 4. The van der Waals surface area contributed by atoms with Gasteiger partial charge in [-0.1, -0.05) is 12.2 Å². The summed E-state index contributed by atoms with van der Waals surface area (Å²) in [6.07, 6.45) is 4.09. The van der Waals surface area contributed by atoms with Crippen molar-refractivity contribution in [3.63, 3.8) is 0 Å². The molecule has 5 nitrogen and oxygen atoms in total. The van der Waals surface area contributed by atoms with Crippen molar-refractivity contribution in [1.29, 1.82) is 0 Å². The molecule has 1 aromatic rings. The van der Waals surface area contributed by atoms with Crippen LogP contribution in [0.2, 0.25) is 0 Å². The number of aromatic nitrogens is 2. The zero-order valence-electron chi connectivity index (χ0n) is 11.7. The maximum absolute atomic E-state index is 5.71. The Morgan fingerprint density at radius 1 is 1.42 bits per heavy atom. The van der Waals surface area contributed by atoms with E-state index in [4.69, 9.17) is 18.0 Å². The van der Waals surface area contributed by atoms with Gasteiger partial charge in [0.25, 0.3) is 0 Å². The molecule has 0 saturated carbocycles. The van der Waals surface area contributed by atoms with Crippen molar-refractivity contribution >= 4 is 17.2 Å². The lowest BCUT2D eigenvalue weighted by atomic mass is 10.2. The minimum atomic E-state index is 0.208. The molecule has 1 unspecified atom stereocenters. The number of thiocarbonyl (C=S) groups is 1. The van der Waals surface area contributed by atoms with E-state index in [0.717, 1.165) is 39.3 Å². The van der Waals surface area contributed by atoms with E-state index in [0.29, 0.717) is 4.99 Å². The van der Waals surface area contributed by atoms with Gasteiger partial charge in [-0.05, 0) is 13.8 Å². The molecule has 6 heteroatoms. The predicted molar refractivity (Wildman–Crippen MR) is 81.0 cm³/mol. The lowest BCUT2D eigenvalue weighted by molar-refractivity contribution is 0.118. The zero-order valence-corrected chi connectivity index (χ0v) is 12.6. The highest BCUT2D eigenvalue weighted by Gasteiger charge is 2.22. The summed E-state index contributed by atoms with van der Waals surface area (Å²) in [4.78, 5) is 5.41. The Morgan fingerprint density at radius 3 is 2.63 bits per heavy atom. The zero-order chi connectivity index (χ0) is 13.8. The van der Waals surface area contributed by atoms with Crippen LogP contribution in [0, 0.1) is 0 Å². The first-order valence-electron chi connectivity index (χ1n) is 6.87. The molecule has 1 aliphatic heterocycles. The lowest BCUT2D eigenvalue weighted by Crippen LogP contribution is -2.52. The average Bonchev–Trinajstić information content (AvgIpc) is 2.86. The Kier molecular flexibility index (Phi) is 4.90. The van der Waals surface area contributed by atoms with Gasteiger partial charge in [0.15, 0.2) is 0 Å². The van der Waals surface area contributed by atoms with Crippen molar-refractivity contribution in [2.24, 2.45) is 5.73 Å². The van der Waals surface area contributed by atoms with E-state index in [1.54, 1.807) is 0 Å². The second-order valence-corrected chi connectivity index (χ2v) is 5.57. The van der Waals surface area contributed by atoms with Crippen LogP contribution in [0.1, 0.15) is 19.4 Å². The molecule has 1 fully saturated rings. The Morgan fingerprint density at radius 2 is 2.11 bits per heavy atom. The summed E-state index contributed by atoms with van der Waals surface area (Å²) in [7, 11) is 0. The van der Waals surface area contributed by atoms with E-state index in [1.807, 2.05) is 10.9 Å². The molecule has 106 valence electrons. The summed E-state index contributed by atoms with van der Waals surface area (Å²) < 4.78 is 1.97. The first-order chi connectivity index (χ1) is 9.10. The minimum absolute atomic E-state index is 0.208. The molecule has 0 aliphatic carbocycles. The van der Waals surface area contributed by atoms with E-state index >= 15 is 0 Å². The summed E-state index contributed by atoms with van der Waals surface area (Å²) in [5.41, 5.74) is 7.00. The molecule has 2 rings (SSSR count). The highest BCUT2D eigenvalue weighted by molar-refractivity contribution is 7.80. The van der Waals surface area contributed by atoms with Gasteiger partial charge in [0.05, 0.1) is 17.2 Å². The molecule has 0 bridgehead atoms. The third-order valence-electron chi connectivity index (χ3n) is 3.78. The first kappa shape index (κ1) is 14.4.